The van der Waals surface area contributed by atoms with E-state index < -0.39 is 11.2 Å². The van der Waals surface area contributed by atoms with Gasteiger partial charge in [0.05, 0.1) is 5.56 Å². The van der Waals surface area contributed by atoms with Crippen LogP contribution >= 0.6 is 0 Å². The Labute approximate surface area is 147 Å². The maximum atomic E-state index is 12.4. The average Bonchev–Trinajstić information content (AvgIpc) is 3.08. The quantitative estimate of drug-likeness (QED) is 0.449. The Morgan fingerprint density at radius 1 is 1.19 bits per heavy atom. The highest BCUT2D eigenvalue weighted by Gasteiger charge is 2.15. The molecule has 8 nitrogen and oxygen atoms in total. The molecule has 0 spiro atoms. The number of aryl methyl sites for hydroxylation is 1. The molecule has 0 aliphatic rings. The van der Waals surface area contributed by atoms with Crippen molar-refractivity contribution in [1.82, 2.24) is 24.9 Å². The molecule has 4 rings (SSSR count). The minimum Gasteiger partial charge on any atom is -0.366 e. The first-order valence-electron chi connectivity index (χ1n) is 8.06. The molecule has 0 radical (unpaired) electrons. The molecule has 0 saturated heterocycles. The maximum absolute atomic E-state index is 12.4. The summed E-state index contributed by atoms with van der Waals surface area (Å²) in [5.41, 5.74) is 2.33. The Morgan fingerprint density at radius 3 is 2.85 bits per heavy atom. The van der Waals surface area contributed by atoms with E-state index >= 15 is 0 Å². The van der Waals surface area contributed by atoms with Crippen molar-refractivity contribution in [2.75, 3.05) is 5.32 Å². The van der Waals surface area contributed by atoms with Crippen LogP contribution in [0.15, 0.2) is 52.4 Å². The molecule has 4 heterocycles. The number of hydrogen-bond acceptors (Lipinski definition) is 5. The highest BCUT2D eigenvalue weighted by atomic mass is 16.2. The van der Waals surface area contributed by atoms with Gasteiger partial charge in [-0.1, -0.05) is 6.07 Å². The number of H-pyrrole nitrogens is 3. The van der Waals surface area contributed by atoms with Gasteiger partial charge < -0.3 is 15.3 Å². The van der Waals surface area contributed by atoms with Crippen molar-refractivity contribution >= 4 is 16.9 Å². The highest BCUT2D eigenvalue weighted by Crippen LogP contribution is 2.29. The van der Waals surface area contributed by atoms with Gasteiger partial charge >= 0.3 is 5.69 Å². The van der Waals surface area contributed by atoms with Crippen molar-refractivity contribution in [2.24, 2.45) is 0 Å². The van der Waals surface area contributed by atoms with Crippen LogP contribution in [0, 0.1) is 6.92 Å². The van der Waals surface area contributed by atoms with Gasteiger partial charge in [0.2, 0.25) is 0 Å². The number of hydrogen-bond donors (Lipinski definition) is 4. The second-order valence-corrected chi connectivity index (χ2v) is 5.92. The normalized spacial score (nSPS) is 11.0. The Bertz CT molecular complexity index is 1190. The molecular weight excluding hydrogens is 332 g/mol. The van der Waals surface area contributed by atoms with E-state index in [0.29, 0.717) is 34.8 Å². The molecule has 4 aromatic heterocycles. The topological polar surface area (TPSA) is 119 Å². The number of pyridine rings is 2. The summed E-state index contributed by atoms with van der Waals surface area (Å²) in [7, 11) is 0. The van der Waals surface area contributed by atoms with Crippen molar-refractivity contribution in [1.29, 1.82) is 0 Å². The van der Waals surface area contributed by atoms with E-state index in [9.17, 15) is 9.59 Å². The predicted octanol–water partition coefficient (Wildman–Crippen LogP) is 1.92. The molecule has 0 saturated carbocycles. The van der Waals surface area contributed by atoms with Gasteiger partial charge in [0.25, 0.3) is 5.56 Å². The third kappa shape index (κ3) is 2.88. The van der Waals surface area contributed by atoms with Crippen molar-refractivity contribution in [3.63, 3.8) is 0 Å². The van der Waals surface area contributed by atoms with Crippen molar-refractivity contribution in [3.8, 4) is 11.1 Å². The number of fused-ring (bicyclic) bond motifs is 1. The van der Waals surface area contributed by atoms with E-state index in [1.165, 1.54) is 0 Å². The summed E-state index contributed by atoms with van der Waals surface area (Å²) in [6.07, 6.45) is 5.26. The van der Waals surface area contributed by atoms with Crippen LogP contribution in [0.5, 0.6) is 0 Å². The van der Waals surface area contributed by atoms with Crippen LogP contribution in [0.1, 0.15) is 11.3 Å². The second-order valence-electron chi connectivity index (χ2n) is 5.92. The molecule has 0 bridgehead atoms. The lowest BCUT2D eigenvalue weighted by molar-refractivity contribution is 0.999. The van der Waals surface area contributed by atoms with Crippen molar-refractivity contribution in [3.05, 3.63) is 75.0 Å². The van der Waals surface area contributed by atoms with Crippen LogP contribution in [0.3, 0.4) is 0 Å². The number of rotatable bonds is 4. The van der Waals surface area contributed by atoms with Crippen molar-refractivity contribution in [2.45, 2.75) is 13.5 Å². The highest BCUT2D eigenvalue weighted by molar-refractivity contribution is 5.95. The van der Waals surface area contributed by atoms with Gasteiger partial charge in [0.1, 0.15) is 11.5 Å². The monoisotopic (exact) mass is 348 g/mol. The number of nitrogens with zero attached hydrogens (tertiary/aromatic N) is 2. The molecule has 0 amide bonds. The molecule has 26 heavy (non-hydrogen) atoms. The Balaban J connectivity index is 1.81. The van der Waals surface area contributed by atoms with E-state index in [1.807, 2.05) is 24.3 Å². The van der Waals surface area contributed by atoms with Crippen LogP contribution in [-0.2, 0) is 6.54 Å². The van der Waals surface area contributed by atoms with Gasteiger partial charge in [-0.2, -0.15) is 0 Å². The maximum Gasteiger partial charge on any atom is 0.325 e. The molecule has 4 N–H and O–H groups in total. The summed E-state index contributed by atoms with van der Waals surface area (Å²) in [6, 6.07) is 7.49. The molecule has 0 unspecified atom stereocenters. The number of aromatic amines is 3. The largest absolute Gasteiger partial charge is 0.366 e. The van der Waals surface area contributed by atoms with Gasteiger partial charge in [-0.25, -0.2) is 9.78 Å². The van der Waals surface area contributed by atoms with E-state index in [0.717, 1.165) is 10.9 Å². The summed E-state index contributed by atoms with van der Waals surface area (Å²) in [6.45, 7) is 2.25. The Kier molecular flexibility index (Phi) is 3.85. The van der Waals surface area contributed by atoms with E-state index in [4.69, 9.17) is 0 Å². The SMILES string of the molecule is Cc1[nH]c(=O)[nH]c(=O)c1-c1cc(NCc2cccnc2)nc2[nH]ccc12. The first kappa shape index (κ1) is 15.8. The fraction of sp³-hybridized carbons (Fsp3) is 0.111. The summed E-state index contributed by atoms with van der Waals surface area (Å²) in [4.78, 5) is 40.5. The molecule has 8 heteroatoms. The van der Waals surface area contributed by atoms with E-state index in [1.54, 1.807) is 25.5 Å². The summed E-state index contributed by atoms with van der Waals surface area (Å²) in [5, 5.41) is 4.05. The third-order valence-corrected chi connectivity index (χ3v) is 4.12. The van der Waals surface area contributed by atoms with Crippen LogP contribution in [0.25, 0.3) is 22.2 Å². The lowest BCUT2D eigenvalue weighted by Gasteiger charge is -2.10. The first-order valence-corrected chi connectivity index (χ1v) is 8.06. The zero-order valence-corrected chi connectivity index (χ0v) is 14.0. The fourth-order valence-electron chi connectivity index (χ4n) is 2.95. The molecule has 0 aromatic carbocycles. The van der Waals surface area contributed by atoms with Gasteiger partial charge in [-0.3, -0.25) is 14.8 Å². The van der Waals surface area contributed by atoms with E-state index in [2.05, 4.69) is 30.2 Å². The minimum absolute atomic E-state index is 0.418. The van der Waals surface area contributed by atoms with Crippen LogP contribution in [-0.4, -0.2) is 24.9 Å². The Hall–Kier alpha value is -3.68. The number of anilines is 1. The smallest absolute Gasteiger partial charge is 0.325 e. The van der Waals surface area contributed by atoms with Gasteiger partial charge in [-0.15, -0.1) is 0 Å². The minimum atomic E-state index is -0.523. The standard InChI is InChI=1S/C18H16N6O2/c1-10-15(17(25)24-18(26)22-10)13-7-14(23-16-12(13)4-6-20-16)21-9-11-3-2-5-19-8-11/h2-8H,9H2,1H3,(H2,20,21,23)(H2,22,24,25,26). The average molecular weight is 348 g/mol. The predicted molar refractivity (Wildman–Crippen MR) is 99.1 cm³/mol. The summed E-state index contributed by atoms with van der Waals surface area (Å²) >= 11 is 0. The molecular formula is C18H16N6O2. The zero-order valence-electron chi connectivity index (χ0n) is 14.0. The molecule has 4 aromatic rings. The van der Waals surface area contributed by atoms with Crippen LogP contribution in [0.2, 0.25) is 0 Å². The fourth-order valence-corrected chi connectivity index (χ4v) is 2.95. The summed E-state index contributed by atoms with van der Waals surface area (Å²) in [5.74, 6) is 0.615. The Morgan fingerprint density at radius 2 is 2.08 bits per heavy atom. The van der Waals surface area contributed by atoms with E-state index in [-0.39, 0.29) is 0 Å². The molecule has 0 aliphatic carbocycles. The molecule has 0 aliphatic heterocycles. The van der Waals surface area contributed by atoms with Gasteiger partial charge in [-0.05, 0) is 30.7 Å². The molecule has 0 atom stereocenters. The lowest BCUT2D eigenvalue weighted by atomic mass is 10.0. The third-order valence-electron chi connectivity index (χ3n) is 4.12. The van der Waals surface area contributed by atoms with Crippen LogP contribution < -0.4 is 16.6 Å². The second kappa shape index (κ2) is 6.32. The van der Waals surface area contributed by atoms with Crippen molar-refractivity contribution < 1.29 is 0 Å². The molecule has 130 valence electrons. The first-order chi connectivity index (χ1) is 12.6. The van der Waals surface area contributed by atoms with Crippen LogP contribution in [0.4, 0.5) is 5.82 Å². The molecule has 0 fully saturated rings. The van der Waals surface area contributed by atoms with Gasteiger partial charge in [0.15, 0.2) is 0 Å². The lowest BCUT2D eigenvalue weighted by Crippen LogP contribution is -2.25. The number of aromatic nitrogens is 5. The number of nitrogens with one attached hydrogen (secondary N) is 4. The van der Waals surface area contributed by atoms with Gasteiger partial charge in [0, 0.05) is 41.8 Å². The zero-order chi connectivity index (χ0) is 18.1. The summed E-state index contributed by atoms with van der Waals surface area (Å²) < 4.78 is 0.